The average molecular weight is 480 g/mol. The largest absolute Gasteiger partial charge is 0.394 e. The van der Waals surface area contributed by atoms with Crippen molar-refractivity contribution in [2.75, 3.05) is 18.5 Å². The van der Waals surface area contributed by atoms with E-state index >= 15 is 0 Å². The number of aliphatic hydroxyl groups is 2. The molecule has 33 heavy (non-hydrogen) atoms. The van der Waals surface area contributed by atoms with Crippen molar-refractivity contribution in [2.45, 2.75) is 42.8 Å². The highest BCUT2D eigenvalue weighted by molar-refractivity contribution is 7.89. The Balaban J connectivity index is 1.72. The summed E-state index contributed by atoms with van der Waals surface area (Å²) in [6.45, 7) is 2.64. The van der Waals surface area contributed by atoms with Gasteiger partial charge in [0.1, 0.15) is 11.9 Å². The summed E-state index contributed by atoms with van der Waals surface area (Å²) in [6, 6.07) is 9.35. The summed E-state index contributed by atoms with van der Waals surface area (Å²) >= 11 is 0. The van der Waals surface area contributed by atoms with Crippen molar-refractivity contribution in [3.05, 3.63) is 59.9 Å². The number of β-amino-alcohol motifs (C(OH)–C–C–N with tert-alkyl or cyclic N) is 1. The first-order valence-electron chi connectivity index (χ1n) is 10.2. The van der Waals surface area contributed by atoms with E-state index in [4.69, 9.17) is 0 Å². The molecular formula is C22H26FN3O6S. The molecule has 0 aromatic heterocycles. The maximum Gasteiger partial charge on any atom is 0.254 e. The second kappa shape index (κ2) is 9.56. The van der Waals surface area contributed by atoms with Gasteiger partial charge in [-0.2, -0.15) is 0 Å². The number of sulfonamides is 1. The fourth-order valence-corrected chi connectivity index (χ4v) is 4.85. The van der Waals surface area contributed by atoms with E-state index in [1.807, 2.05) is 0 Å². The van der Waals surface area contributed by atoms with Crippen LogP contribution in [-0.2, 0) is 14.8 Å². The van der Waals surface area contributed by atoms with Gasteiger partial charge in [0.15, 0.2) is 0 Å². The number of carbonyl (C=O) groups is 2. The second-order valence-electron chi connectivity index (χ2n) is 8.53. The van der Waals surface area contributed by atoms with Crippen molar-refractivity contribution >= 4 is 27.5 Å². The summed E-state index contributed by atoms with van der Waals surface area (Å²) in [6.07, 6.45) is -0.857. The van der Waals surface area contributed by atoms with Crippen LogP contribution in [0.1, 0.15) is 30.6 Å². The Kier molecular flexibility index (Phi) is 7.17. The van der Waals surface area contributed by atoms with Gasteiger partial charge in [0.25, 0.3) is 5.91 Å². The zero-order valence-corrected chi connectivity index (χ0v) is 19.0. The standard InChI is InChI=1S/C22H26FN3O6S/c1-22(2,13-27)25-33(31,32)18-9-7-16(8-10-18)24-20(29)19-11-17(28)12-26(19)21(30)14-3-5-15(23)6-4-14/h3-10,17,19,25,27-28H,11-13H2,1-2H3,(H,24,29)/t17-,19-/m0/s1. The van der Waals surface area contributed by atoms with Crippen LogP contribution in [0.15, 0.2) is 53.4 Å². The summed E-state index contributed by atoms with van der Waals surface area (Å²) in [5, 5.41) is 21.9. The van der Waals surface area contributed by atoms with Gasteiger partial charge >= 0.3 is 0 Å². The molecule has 1 fully saturated rings. The molecule has 1 aliphatic rings. The van der Waals surface area contributed by atoms with Crippen molar-refractivity contribution in [3.63, 3.8) is 0 Å². The highest BCUT2D eigenvalue weighted by atomic mass is 32.2. The molecule has 2 amide bonds. The summed E-state index contributed by atoms with van der Waals surface area (Å²) in [5.74, 6) is -1.55. The first-order chi connectivity index (χ1) is 15.4. The third-order valence-electron chi connectivity index (χ3n) is 5.17. The number of carbonyl (C=O) groups excluding carboxylic acids is 2. The van der Waals surface area contributed by atoms with Gasteiger partial charge in [-0.05, 0) is 62.4 Å². The molecule has 2 atom stereocenters. The van der Waals surface area contributed by atoms with Crippen molar-refractivity contribution in [1.82, 2.24) is 9.62 Å². The summed E-state index contributed by atoms with van der Waals surface area (Å²) in [5.41, 5.74) is -0.553. The number of anilines is 1. The number of benzene rings is 2. The number of nitrogens with one attached hydrogen (secondary N) is 2. The lowest BCUT2D eigenvalue weighted by atomic mass is 10.1. The van der Waals surface area contributed by atoms with Gasteiger partial charge in [-0.25, -0.2) is 17.5 Å². The normalized spacial score (nSPS) is 18.9. The molecule has 178 valence electrons. The summed E-state index contributed by atoms with van der Waals surface area (Å²) in [4.78, 5) is 26.8. The van der Waals surface area contributed by atoms with Gasteiger partial charge in [-0.1, -0.05) is 0 Å². The van der Waals surface area contributed by atoms with Crippen LogP contribution >= 0.6 is 0 Å². The number of aliphatic hydroxyl groups excluding tert-OH is 2. The number of likely N-dealkylation sites (tertiary alicyclic amines) is 1. The molecule has 2 aromatic carbocycles. The first kappa shape index (κ1) is 24.8. The first-order valence-corrected chi connectivity index (χ1v) is 11.7. The molecule has 0 aliphatic carbocycles. The van der Waals surface area contributed by atoms with E-state index in [0.717, 1.165) is 12.1 Å². The molecule has 4 N–H and O–H groups in total. The van der Waals surface area contributed by atoms with Gasteiger partial charge in [-0.3, -0.25) is 9.59 Å². The number of hydrogen-bond acceptors (Lipinski definition) is 6. The maximum absolute atomic E-state index is 13.2. The third-order valence-corrected chi connectivity index (χ3v) is 6.89. The number of halogens is 1. The number of amides is 2. The topological polar surface area (TPSA) is 136 Å². The van der Waals surface area contributed by atoms with Gasteiger partial charge in [0, 0.05) is 24.2 Å². The fraction of sp³-hybridized carbons (Fsp3) is 0.364. The summed E-state index contributed by atoms with van der Waals surface area (Å²) < 4.78 is 40.4. The Bertz CT molecular complexity index is 1120. The van der Waals surface area contributed by atoms with Crippen molar-refractivity contribution in [1.29, 1.82) is 0 Å². The van der Waals surface area contributed by atoms with E-state index in [0.29, 0.717) is 5.69 Å². The zero-order valence-electron chi connectivity index (χ0n) is 18.2. The lowest BCUT2D eigenvalue weighted by Crippen LogP contribution is -2.46. The van der Waals surface area contributed by atoms with Crippen molar-refractivity contribution in [2.24, 2.45) is 0 Å². The number of nitrogens with zero attached hydrogens (tertiary/aromatic N) is 1. The van der Waals surface area contributed by atoms with Gasteiger partial charge in [-0.15, -0.1) is 0 Å². The molecular weight excluding hydrogens is 453 g/mol. The Morgan fingerprint density at radius 3 is 2.30 bits per heavy atom. The predicted octanol–water partition coefficient (Wildman–Crippen LogP) is 1.09. The van der Waals surface area contributed by atoms with E-state index in [2.05, 4.69) is 10.0 Å². The van der Waals surface area contributed by atoms with Gasteiger partial charge in [0.2, 0.25) is 15.9 Å². The minimum Gasteiger partial charge on any atom is -0.394 e. The molecule has 1 saturated heterocycles. The third kappa shape index (κ3) is 5.93. The summed E-state index contributed by atoms with van der Waals surface area (Å²) in [7, 11) is -3.89. The van der Waals surface area contributed by atoms with E-state index < -0.39 is 45.3 Å². The molecule has 1 heterocycles. The van der Waals surface area contributed by atoms with Crippen LogP contribution < -0.4 is 10.0 Å². The van der Waals surface area contributed by atoms with Gasteiger partial charge < -0.3 is 20.4 Å². The molecule has 0 saturated carbocycles. The van der Waals surface area contributed by atoms with E-state index in [1.54, 1.807) is 0 Å². The quantitative estimate of drug-likeness (QED) is 0.469. The van der Waals surface area contributed by atoms with E-state index in [1.165, 1.54) is 55.1 Å². The van der Waals surface area contributed by atoms with Crippen molar-refractivity contribution < 1.29 is 32.6 Å². The zero-order chi connectivity index (χ0) is 24.4. The monoisotopic (exact) mass is 479 g/mol. The molecule has 2 aromatic rings. The highest BCUT2D eigenvalue weighted by Crippen LogP contribution is 2.23. The van der Waals surface area contributed by atoms with Crippen LogP contribution in [0.2, 0.25) is 0 Å². The minimum absolute atomic E-state index is 0.0331. The predicted molar refractivity (Wildman–Crippen MR) is 118 cm³/mol. The SMILES string of the molecule is CC(C)(CO)NS(=O)(=O)c1ccc(NC(=O)[C@@H]2C[C@H](O)CN2C(=O)c2ccc(F)cc2)cc1. The van der Waals surface area contributed by atoms with Gasteiger partial charge in [0.05, 0.1) is 23.1 Å². The number of hydrogen-bond donors (Lipinski definition) is 4. The molecule has 3 rings (SSSR count). The smallest absolute Gasteiger partial charge is 0.254 e. The molecule has 11 heteroatoms. The molecule has 1 aliphatic heterocycles. The van der Waals surface area contributed by atoms with Crippen LogP contribution in [0.25, 0.3) is 0 Å². The van der Waals surface area contributed by atoms with Crippen LogP contribution in [0.5, 0.6) is 0 Å². The van der Waals surface area contributed by atoms with E-state index in [-0.39, 0.29) is 30.0 Å². The molecule has 0 bridgehead atoms. The Morgan fingerprint density at radius 1 is 1.12 bits per heavy atom. The minimum atomic E-state index is -3.89. The van der Waals surface area contributed by atoms with Crippen LogP contribution in [0.3, 0.4) is 0 Å². The lowest BCUT2D eigenvalue weighted by Gasteiger charge is -2.24. The van der Waals surface area contributed by atoms with Crippen molar-refractivity contribution in [3.8, 4) is 0 Å². The molecule has 0 spiro atoms. The van der Waals surface area contributed by atoms with Crippen LogP contribution in [0, 0.1) is 5.82 Å². The van der Waals surface area contributed by atoms with Crippen LogP contribution in [0.4, 0.5) is 10.1 Å². The molecule has 9 nitrogen and oxygen atoms in total. The second-order valence-corrected chi connectivity index (χ2v) is 10.2. The lowest BCUT2D eigenvalue weighted by molar-refractivity contribution is -0.119. The molecule has 0 radical (unpaired) electrons. The fourth-order valence-electron chi connectivity index (χ4n) is 3.44. The average Bonchev–Trinajstić information content (AvgIpc) is 3.15. The Morgan fingerprint density at radius 2 is 1.73 bits per heavy atom. The molecule has 0 unspecified atom stereocenters. The van der Waals surface area contributed by atoms with Crippen LogP contribution in [-0.4, -0.2) is 66.2 Å². The maximum atomic E-state index is 13.2. The number of rotatable bonds is 7. The highest BCUT2D eigenvalue weighted by Gasteiger charge is 2.39. The Hall–Kier alpha value is -2.86. The van der Waals surface area contributed by atoms with E-state index in [9.17, 15) is 32.6 Å². The Labute approximate surface area is 191 Å².